The zero-order valence-corrected chi connectivity index (χ0v) is 37.1. The van der Waals surface area contributed by atoms with Crippen LogP contribution in [0, 0.1) is 0 Å². The van der Waals surface area contributed by atoms with Crippen molar-refractivity contribution in [1.29, 1.82) is 0 Å². The van der Waals surface area contributed by atoms with Crippen LogP contribution in [0.25, 0.3) is 22.8 Å². The van der Waals surface area contributed by atoms with Gasteiger partial charge in [0.1, 0.15) is 11.5 Å². The van der Waals surface area contributed by atoms with Crippen molar-refractivity contribution in [2.45, 2.75) is 33.2 Å². The third-order valence-corrected chi connectivity index (χ3v) is 10.9. The number of hydrogen-bond donors (Lipinski definition) is 0. The van der Waals surface area contributed by atoms with Crippen molar-refractivity contribution in [2.75, 3.05) is 41.1 Å². The zero-order valence-electron chi connectivity index (χ0n) is 33.5. The van der Waals surface area contributed by atoms with Crippen molar-refractivity contribution in [3.8, 4) is 5.69 Å². The van der Waals surface area contributed by atoms with E-state index < -0.39 is 43.7 Å². The summed E-state index contributed by atoms with van der Waals surface area (Å²) in [7, 11) is -8.99. The van der Waals surface area contributed by atoms with Crippen LogP contribution in [0.5, 0.6) is 0 Å². The molecular formula is C43H43N4NaO10S2. The smallest absolute Gasteiger partial charge is 0.748 e. The summed E-state index contributed by atoms with van der Waals surface area (Å²) in [5.41, 5.74) is 4.89. The summed E-state index contributed by atoms with van der Waals surface area (Å²) in [5, 5.41) is 0. The number of ether oxygens (including phenoxy) is 2. The number of allylic oxidation sites excluding steroid dienone is 4. The molecule has 0 saturated carbocycles. The molecule has 1 aromatic heterocycles. The van der Waals surface area contributed by atoms with Gasteiger partial charge in [-0.05, 0) is 87.4 Å². The number of para-hydroxylation sites is 2. The fourth-order valence-electron chi connectivity index (χ4n) is 6.92. The van der Waals surface area contributed by atoms with E-state index >= 15 is 0 Å². The van der Waals surface area contributed by atoms with Crippen molar-refractivity contribution < 1.29 is 79.1 Å². The number of benzene rings is 4. The van der Waals surface area contributed by atoms with Gasteiger partial charge in [-0.25, -0.2) is 31.0 Å². The first-order chi connectivity index (χ1) is 28.3. The molecule has 60 heavy (non-hydrogen) atoms. The van der Waals surface area contributed by atoms with Crippen molar-refractivity contribution in [2.24, 2.45) is 0 Å². The van der Waals surface area contributed by atoms with Gasteiger partial charge in [0.25, 0.3) is 5.82 Å². The fraction of sp³-hybridized carbons (Fsp3) is 0.233. The first-order valence-electron chi connectivity index (χ1n) is 19.0. The molecule has 0 fully saturated rings. The van der Waals surface area contributed by atoms with Crippen LogP contribution < -0.4 is 43.9 Å². The Balaban J connectivity index is 0.00000683. The number of carbonyl (C=O) groups excluding carboxylic acids is 2. The third kappa shape index (κ3) is 11.2. The molecule has 6 rings (SSSR count). The topological polar surface area (TPSA) is 182 Å². The quantitative estimate of drug-likeness (QED) is 0.0439. The van der Waals surface area contributed by atoms with Crippen LogP contribution in [-0.4, -0.2) is 73.7 Å². The summed E-state index contributed by atoms with van der Waals surface area (Å²) in [4.78, 5) is 29.4. The van der Waals surface area contributed by atoms with E-state index in [1.54, 1.807) is 68.5 Å². The van der Waals surface area contributed by atoms with Gasteiger partial charge in [0, 0.05) is 35.9 Å². The Hall–Kier alpha value is -5.07. The number of nitrogens with zero attached hydrogens (tertiary/aromatic N) is 4. The van der Waals surface area contributed by atoms with E-state index in [2.05, 4.69) is 0 Å². The van der Waals surface area contributed by atoms with Crippen LogP contribution >= 0.6 is 0 Å². The molecule has 308 valence electrons. The Kier molecular flexibility index (Phi) is 15.7. The minimum atomic E-state index is -4.50. The molecule has 5 aromatic rings. The Morgan fingerprint density at radius 1 is 0.700 bits per heavy atom. The minimum absolute atomic E-state index is 0. The Morgan fingerprint density at radius 2 is 1.28 bits per heavy atom. The number of hydrogen-bond acceptors (Lipinski definition) is 12. The van der Waals surface area contributed by atoms with E-state index in [1.807, 2.05) is 91.7 Å². The second-order valence-corrected chi connectivity index (χ2v) is 16.4. The predicted molar refractivity (Wildman–Crippen MR) is 222 cm³/mol. The van der Waals surface area contributed by atoms with Crippen molar-refractivity contribution in [3.05, 3.63) is 144 Å². The summed E-state index contributed by atoms with van der Waals surface area (Å²) < 4.78 is 84.1. The molecule has 4 aromatic carbocycles. The molecule has 0 aliphatic carbocycles. The molecule has 1 aliphatic rings. The maximum absolute atomic E-state index is 12.8. The molecule has 0 bridgehead atoms. The summed E-state index contributed by atoms with van der Waals surface area (Å²) in [5.74, 6) is -0.931. The molecule has 17 heteroatoms. The normalized spacial score (nSPS) is 13.6. The molecule has 0 radical (unpaired) electrons. The molecule has 1 aliphatic heterocycles. The van der Waals surface area contributed by atoms with Crippen LogP contribution in [0.2, 0.25) is 0 Å². The van der Waals surface area contributed by atoms with Crippen LogP contribution in [0.1, 0.15) is 53.2 Å². The SMILES string of the molecule is CCOC(=O)c1ccc2c(c1)N(CCCS(=O)(=O)[O-])/C(=C/C=C/C=C/c1n(-c3ccccc3)c3ccc(C(=O)OCC)cc3[n+]1CCCS(=O)(=O)[O-])N2c1ccccc1.[Na+]. The summed E-state index contributed by atoms with van der Waals surface area (Å²) in [6.45, 7) is 4.08. The number of rotatable bonds is 17. The zero-order chi connectivity index (χ0) is 42.2. The average Bonchev–Trinajstić information content (AvgIpc) is 3.68. The van der Waals surface area contributed by atoms with Crippen LogP contribution in [0.4, 0.5) is 17.1 Å². The molecule has 14 nitrogen and oxygen atoms in total. The van der Waals surface area contributed by atoms with Gasteiger partial charge in [-0.3, -0.25) is 4.90 Å². The maximum atomic E-state index is 12.8. The van der Waals surface area contributed by atoms with E-state index in [-0.39, 0.29) is 68.7 Å². The maximum Gasteiger partial charge on any atom is 1.00 e. The second kappa shape index (κ2) is 20.5. The Labute approximate surface area is 371 Å². The summed E-state index contributed by atoms with van der Waals surface area (Å²) in [6.07, 6.45) is 9.08. The van der Waals surface area contributed by atoms with Gasteiger partial charge < -0.3 is 23.5 Å². The van der Waals surface area contributed by atoms with E-state index in [4.69, 9.17) is 9.47 Å². The van der Waals surface area contributed by atoms with Gasteiger partial charge in [-0.15, -0.1) is 0 Å². The van der Waals surface area contributed by atoms with Gasteiger partial charge in [0.15, 0.2) is 11.0 Å². The van der Waals surface area contributed by atoms with Crippen LogP contribution in [0.15, 0.2) is 127 Å². The van der Waals surface area contributed by atoms with Crippen molar-refractivity contribution in [3.63, 3.8) is 0 Å². The molecule has 0 atom stereocenters. The molecule has 0 N–H and O–H groups in total. The number of esters is 2. The van der Waals surface area contributed by atoms with Crippen molar-refractivity contribution in [1.82, 2.24) is 4.57 Å². The Bertz CT molecular complexity index is 2650. The van der Waals surface area contributed by atoms with E-state index in [0.29, 0.717) is 34.0 Å². The van der Waals surface area contributed by atoms with Crippen molar-refractivity contribution >= 4 is 66.3 Å². The summed E-state index contributed by atoms with van der Waals surface area (Å²) in [6, 6.07) is 29.3. The average molecular weight is 863 g/mol. The number of carbonyl (C=O) groups is 2. The van der Waals surface area contributed by atoms with Crippen LogP contribution in [0.3, 0.4) is 0 Å². The molecule has 0 unspecified atom stereocenters. The van der Waals surface area contributed by atoms with E-state index in [9.17, 15) is 35.5 Å². The molecule has 0 saturated heterocycles. The number of aromatic nitrogens is 2. The minimum Gasteiger partial charge on any atom is -0.748 e. The second-order valence-electron chi connectivity index (χ2n) is 13.4. The molecule has 0 spiro atoms. The first kappa shape index (κ1) is 46.0. The van der Waals surface area contributed by atoms with Gasteiger partial charge in [-0.1, -0.05) is 54.6 Å². The monoisotopic (exact) mass is 862 g/mol. The number of imidazole rings is 1. The van der Waals surface area contributed by atoms with Gasteiger partial charge in [0.05, 0.1) is 62.5 Å². The summed E-state index contributed by atoms with van der Waals surface area (Å²) >= 11 is 0. The molecular weight excluding hydrogens is 820 g/mol. The van der Waals surface area contributed by atoms with E-state index in [1.165, 1.54) is 0 Å². The fourth-order valence-corrected chi connectivity index (χ4v) is 7.88. The standard InChI is InChI=1S/C43H44N4O10S2.Na/c1-3-56-42(48)32-22-24-36-38(30-32)44(26-14-28-58(50,51)52)40(46(36)34-16-8-5-9-17-34)20-12-7-13-21-41-45(27-15-29-59(53,54)55)39-31-33(43(49)57-4-2)23-25-37(39)47(41)35-18-10-6-11-19-35;/h5-13,16-25,30-31H,3-4,14-15,26-29H2,1-2H3,(H-,50,51,52,53,54,55);/q;+1/p-1. The predicted octanol–water partition coefficient (Wildman–Crippen LogP) is 3.22. The first-order valence-corrected chi connectivity index (χ1v) is 22.1. The largest absolute Gasteiger partial charge is 1.00 e. The van der Waals surface area contributed by atoms with Gasteiger partial charge in [-0.2, -0.15) is 4.57 Å². The number of fused-ring (bicyclic) bond motifs is 2. The Morgan fingerprint density at radius 3 is 1.90 bits per heavy atom. The number of anilines is 3. The van der Waals surface area contributed by atoms with E-state index in [0.717, 1.165) is 22.6 Å². The van der Waals surface area contributed by atoms with Gasteiger partial charge >= 0.3 is 41.5 Å². The number of aryl methyl sites for hydroxylation is 1. The molecule has 2 heterocycles. The van der Waals surface area contributed by atoms with Gasteiger partial charge in [0.2, 0.25) is 0 Å². The van der Waals surface area contributed by atoms with Crippen LogP contribution in [-0.2, 0) is 36.3 Å². The third-order valence-electron chi connectivity index (χ3n) is 9.34. The molecule has 0 amide bonds.